The van der Waals surface area contributed by atoms with Crippen LogP contribution in [0.1, 0.15) is 0 Å². The quantitative estimate of drug-likeness (QED) is 0.513. The van der Waals surface area contributed by atoms with Gasteiger partial charge in [0.25, 0.3) is 0 Å². The van der Waals surface area contributed by atoms with Crippen LogP contribution in [0.4, 0.5) is 0 Å². The van der Waals surface area contributed by atoms with Crippen molar-refractivity contribution in [2.24, 2.45) is 0 Å². The summed E-state index contributed by atoms with van der Waals surface area (Å²) in [6, 6.07) is 23.9. The minimum Gasteiger partial charge on any atom is -0.354 e. The van der Waals surface area contributed by atoms with E-state index in [2.05, 4.69) is 71.7 Å². The predicted molar refractivity (Wildman–Crippen MR) is 90.8 cm³/mol. The molecule has 1 nitrogen and oxygen atoms in total. The molecule has 0 aliphatic carbocycles. The highest BCUT2D eigenvalue weighted by molar-refractivity contribution is 6.32. The number of para-hydroxylation sites is 2. The van der Waals surface area contributed by atoms with Crippen LogP contribution < -0.4 is 5.19 Å². The first-order valence-electron chi connectivity index (χ1n) is 6.89. The van der Waals surface area contributed by atoms with Crippen LogP contribution in [-0.2, 0) is 0 Å². The van der Waals surface area contributed by atoms with E-state index in [-0.39, 0.29) is 0 Å². The highest BCUT2D eigenvalue weighted by Crippen LogP contribution is 2.32. The van der Waals surface area contributed by atoms with Crippen molar-refractivity contribution in [3.63, 3.8) is 0 Å². The first kappa shape index (κ1) is 11.5. The summed E-state index contributed by atoms with van der Waals surface area (Å²) in [5, 5.41) is 4.02. The van der Waals surface area contributed by atoms with E-state index in [4.69, 9.17) is 0 Å². The molecule has 1 heterocycles. The summed E-state index contributed by atoms with van der Waals surface area (Å²) in [6.45, 7) is 0. The summed E-state index contributed by atoms with van der Waals surface area (Å²) in [7, 11) is 1.10. The SMILES string of the molecule is [SiH3]c1ccc(-c2cccc3c2[nH]c2ccccc23)cc1. The number of rotatable bonds is 1. The minimum atomic E-state index is 1.10. The Kier molecular flexibility index (Phi) is 2.50. The fraction of sp³-hybridized carbons (Fsp3) is 0. The van der Waals surface area contributed by atoms with Gasteiger partial charge in [0.2, 0.25) is 0 Å². The first-order chi connectivity index (χ1) is 9.83. The van der Waals surface area contributed by atoms with Crippen LogP contribution in [0.3, 0.4) is 0 Å². The van der Waals surface area contributed by atoms with E-state index >= 15 is 0 Å². The van der Waals surface area contributed by atoms with Crippen molar-refractivity contribution < 1.29 is 0 Å². The van der Waals surface area contributed by atoms with Crippen LogP contribution >= 0.6 is 0 Å². The van der Waals surface area contributed by atoms with Gasteiger partial charge >= 0.3 is 0 Å². The predicted octanol–water partition coefficient (Wildman–Crippen LogP) is 2.98. The molecule has 0 unspecified atom stereocenters. The standard InChI is InChI=1S/C18H15NSi/c20-13-10-8-12(9-11-13)14-5-3-6-16-15-4-1-2-7-17(15)19-18(14)16/h1-11,19H,20H3. The van der Waals surface area contributed by atoms with Crippen LogP contribution in [0.25, 0.3) is 32.9 Å². The number of nitrogens with one attached hydrogen (secondary N) is 1. The van der Waals surface area contributed by atoms with Crippen LogP contribution in [0.2, 0.25) is 0 Å². The lowest BCUT2D eigenvalue weighted by Gasteiger charge is -2.04. The van der Waals surface area contributed by atoms with Crippen molar-refractivity contribution in [3.8, 4) is 11.1 Å². The van der Waals surface area contributed by atoms with E-state index in [1.807, 2.05) is 0 Å². The third-order valence-corrected chi connectivity index (χ3v) is 4.57. The van der Waals surface area contributed by atoms with Crippen LogP contribution in [-0.4, -0.2) is 15.2 Å². The van der Waals surface area contributed by atoms with E-state index in [1.54, 1.807) is 0 Å². The molecule has 0 radical (unpaired) electrons. The molecule has 0 fully saturated rings. The first-order valence-corrected chi connectivity index (χ1v) is 7.89. The molecule has 20 heavy (non-hydrogen) atoms. The minimum absolute atomic E-state index is 1.10. The maximum Gasteiger partial charge on any atom is 0.0544 e. The van der Waals surface area contributed by atoms with Crippen LogP contribution in [0.5, 0.6) is 0 Å². The third kappa shape index (κ3) is 1.69. The molecule has 0 saturated heterocycles. The number of aromatic nitrogens is 1. The van der Waals surface area contributed by atoms with Gasteiger partial charge in [-0.05, 0) is 11.6 Å². The van der Waals surface area contributed by atoms with Crippen molar-refractivity contribution >= 4 is 37.2 Å². The second-order valence-electron chi connectivity index (χ2n) is 5.26. The van der Waals surface area contributed by atoms with Crippen molar-refractivity contribution in [1.82, 2.24) is 4.98 Å². The summed E-state index contributed by atoms with van der Waals surface area (Å²) in [4.78, 5) is 3.57. The number of H-pyrrole nitrogens is 1. The van der Waals surface area contributed by atoms with Gasteiger partial charge in [-0.1, -0.05) is 65.9 Å². The topological polar surface area (TPSA) is 15.8 Å². The fourth-order valence-electron chi connectivity index (χ4n) is 2.85. The number of hydrogen-bond donors (Lipinski definition) is 1. The molecule has 1 N–H and O–H groups in total. The van der Waals surface area contributed by atoms with E-state index in [9.17, 15) is 0 Å². The van der Waals surface area contributed by atoms with E-state index in [1.165, 1.54) is 38.1 Å². The molecule has 0 bridgehead atoms. The fourth-order valence-corrected chi connectivity index (χ4v) is 3.18. The van der Waals surface area contributed by atoms with E-state index < -0.39 is 0 Å². The zero-order chi connectivity index (χ0) is 13.5. The second kappa shape index (κ2) is 4.36. The van der Waals surface area contributed by atoms with Gasteiger partial charge in [-0.15, -0.1) is 0 Å². The molecule has 0 atom stereocenters. The molecular formula is C18H15NSi. The maximum atomic E-state index is 3.57. The molecule has 96 valence electrons. The highest BCUT2D eigenvalue weighted by Gasteiger charge is 2.08. The van der Waals surface area contributed by atoms with Crippen molar-refractivity contribution in [1.29, 1.82) is 0 Å². The molecule has 3 aromatic carbocycles. The largest absolute Gasteiger partial charge is 0.354 e. The van der Waals surface area contributed by atoms with Gasteiger partial charge in [0.15, 0.2) is 0 Å². The van der Waals surface area contributed by atoms with Crippen molar-refractivity contribution in [3.05, 3.63) is 66.7 Å². The Hall–Kier alpha value is -2.32. The van der Waals surface area contributed by atoms with Gasteiger partial charge in [-0.25, -0.2) is 0 Å². The summed E-state index contributed by atoms with van der Waals surface area (Å²) in [6.07, 6.45) is 0. The lowest BCUT2D eigenvalue weighted by Crippen LogP contribution is -1.99. The molecule has 4 aromatic rings. The monoisotopic (exact) mass is 273 g/mol. The molecule has 0 spiro atoms. The van der Waals surface area contributed by atoms with Crippen LogP contribution in [0.15, 0.2) is 66.7 Å². The zero-order valence-corrected chi connectivity index (χ0v) is 13.4. The van der Waals surface area contributed by atoms with Crippen LogP contribution in [0, 0.1) is 0 Å². The van der Waals surface area contributed by atoms with Gasteiger partial charge in [0.1, 0.15) is 0 Å². The van der Waals surface area contributed by atoms with Gasteiger partial charge in [-0.3, -0.25) is 0 Å². The summed E-state index contributed by atoms with van der Waals surface area (Å²) >= 11 is 0. The van der Waals surface area contributed by atoms with Crippen molar-refractivity contribution in [2.75, 3.05) is 0 Å². The maximum absolute atomic E-state index is 3.57. The van der Waals surface area contributed by atoms with E-state index in [0.29, 0.717) is 0 Å². The Morgan fingerprint density at radius 2 is 1.45 bits per heavy atom. The molecule has 0 aliphatic rings. The Morgan fingerprint density at radius 3 is 2.30 bits per heavy atom. The smallest absolute Gasteiger partial charge is 0.0544 e. The van der Waals surface area contributed by atoms with Gasteiger partial charge < -0.3 is 4.98 Å². The average molecular weight is 273 g/mol. The molecule has 0 aliphatic heterocycles. The Labute approximate surface area is 120 Å². The highest BCUT2D eigenvalue weighted by atomic mass is 28.1. The van der Waals surface area contributed by atoms with Gasteiger partial charge in [0.05, 0.1) is 5.52 Å². The lowest BCUT2D eigenvalue weighted by atomic mass is 10.0. The Balaban J connectivity index is 2.07. The van der Waals surface area contributed by atoms with Crippen molar-refractivity contribution in [2.45, 2.75) is 0 Å². The summed E-state index contributed by atoms with van der Waals surface area (Å²) in [5.74, 6) is 0. The summed E-state index contributed by atoms with van der Waals surface area (Å²) in [5.41, 5.74) is 4.99. The van der Waals surface area contributed by atoms with E-state index in [0.717, 1.165) is 10.2 Å². The summed E-state index contributed by atoms with van der Waals surface area (Å²) < 4.78 is 0. The zero-order valence-electron chi connectivity index (χ0n) is 11.4. The third-order valence-electron chi connectivity index (χ3n) is 3.90. The molecule has 2 heteroatoms. The molecule has 4 rings (SSSR count). The van der Waals surface area contributed by atoms with Gasteiger partial charge in [-0.2, -0.15) is 0 Å². The molecule has 0 saturated carbocycles. The molecular weight excluding hydrogens is 258 g/mol. The number of fused-ring (bicyclic) bond motifs is 3. The second-order valence-corrected chi connectivity index (χ2v) is 6.42. The van der Waals surface area contributed by atoms with Gasteiger partial charge in [0, 0.05) is 32.1 Å². The Morgan fingerprint density at radius 1 is 0.700 bits per heavy atom. The normalized spacial score (nSPS) is 11.4. The number of aromatic amines is 1. The molecule has 1 aromatic heterocycles. The molecule has 0 amide bonds. The average Bonchev–Trinajstić information content (AvgIpc) is 2.87. The lowest BCUT2D eigenvalue weighted by molar-refractivity contribution is 1.54. The number of hydrogen-bond acceptors (Lipinski definition) is 0. The Bertz CT molecular complexity index is 904. The number of benzene rings is 3.